The fourth-order valence-corrected chi connectivity index (χ4v) is 2.04. The molecule has 5 nitrogen and oxygen atoms in total. The van der Waals surface area contributed by atoms with E-state index in [0.29, 0.717) is 24.2 Å². The van der Waals surface area contributed by atoms with Crippen molar-refractivity contribution in [1.29, 1.82) is 0 Å². The van der Waals surface area contributed by atoms with Gasteiger partial charge in [0, 0.05) is 5.56 Å². The standard InChI is InChI=1S/C14H17N3O2/c1-2-18-11-5-3-4-10(8-11)13-16-14(19-17-13)12(15)9-6-7-9/h3-5,8-9,12H,2,6-7,15H2,1H3. The largest absolute Gasteiger partial charge is 0.494 e. The SMILES string of the molecule is CCOc1cccc(-c2noc(C(N)C3CC3)n2)c1. The van der Waals surface area contributed by atoms with Gasteiger partial charge in [0.25, 0.3) is 0 Å². The van der Waals surface area contributed by atoms with Crippen molar-refractivity contribution in [1.82, 2.24) is 10.1 Å². The van der Waals surface area contributed by atoms with Crippen LogP contribution in [0.15, 0.2) is 28.8 Å². The van der Waals surface area contributed by atoms with E-state index in [4.69, 9.17) is 15.0 Å². The number of hydrogen-bond acceptors (Lipinski definition) is 5. The maximum Gasteiger partial charge on any atom is 0.244 e. The van der Waals surface area contributed by atoms with E-state index in [9.17, 15) is 0 Å². The molecule has 1 aliphatic rings. The topological polar surface area (TPSA) is 74.2 Å². The van der Waals surface area contributed by atoms with Crippen molar-refractivity contribution in [2.45, 2.75) is 25.8 Å². The van der Waals surface area contributed by atoms with Gasteiger partial charge in [0.1, 0.15) is 5.75 Å². The monoisotopic (exact) mass is 259 g/mol. The maximum absolute atomic E-state index is 6.05. The third kappa shape index (κ3) is 2.61. The molecule has 0 spiro atoms. The highest BCUT2D eigenvalue weighted by Gasteiger charge is 2.33. The van der Waals surface area contributed by atoms with Gasteiger partial charge in [0.2, 0.25) is 11.7 Å². The molecule has 0 amide bonds. The van der Waals surface area contributed by atoms with Gasteiger partial charge in [0.05, 0.1) is 12.6 Å². The van der Waals surface area contributed by atoms with E-state index in [0.717, 1.165) is 24.2 Å². The molecule has 1 saturated carbocycles. The minimum Gasteiger partial charge on any atom is -0.494 e. The summed E-state index contributed by atoms with van der Waals surface area (Å²) in [5.74, 6) is 2.40. The summed E-state index contributed by atoms with van der Waals surface area (Å²) in [6.07, 6.45) is 2.30. The highest BCUT2D eigenvalue weighted by atomic mass is 16.5. The van der Waals surface area contributed by atoms with Crippen LogP contribution in [0.4, 0.5) is 0 Å². The first kappa shape index (κ1) is 12.2. The summed E-state index contributed by atoms with van der Waals surface area (Å²) in [4.78, 5) is 4.38. The molecule has 1 atom stereocenters. The van der Waals surface area contributed by atoms with Crippen LogP contribution in [0.2, 0.25) is 0 Å². The molecule has 0 aliphatic heterocycles. The number of benzene rings is 1. The molecule has 1 unspecified atom stereocenters. The molecule has 0 radical (unpaired) electrons. The van der Waals surface area contributed by atoms with Crippen LogP contribution in [-0.2, 0) is 0 Å². The van der Waals surface area contributed by atoms with Gasteiger partial charge in [-0.25, -0.2) is 0 Å². The minimum absolute atomic E-state index is 0.128. The van der Waals surface area contributed by atoms with Crippen molar-refractivity contribution < 1.29 is 9.26 Å². The minimum atomic E-state index is -0.128. The van der Waals surface area contributed by atoms with Gasteiger partial charge in [-0.2, -0.15) is 4.98 Å². The summed E-state index contributed by atoms with van der Waals surface area (Å²) in [5, 5.41) is 4.00. The Kier molecular flexibility index (Phi) is 3.21. The second kappa shape index (κ2) is 5.01. The lowest BCUT2D eigenvalue weighted by atomic mass is 10.2. The Hall–Kier alpha value is -1.88. The molecule has 2 N–H and O–H groups in total. The number of nitrogens with two attached hydrogens (primary N) is 1. The smallest absolute Gasteiger partial charge is 0.244 e. The van der Waals surface area contributed by atoms with Gasteiger partial charge >= 0.3 is 0 Å². The Labute approximate surface area is 111 Å². The highest BCUT2D eigenvalue weighted by Crippen LogP contribution is 2.39. The summed E-state index contributed by atoms with van der Waals surface area (Å²) < 4.78 is 10.7. The van der Waals surface area contributed by atoms with E-state index in [1.165, 1.54) is 0 Å². The third-order valence-corrected chi connectivity index (χ3v) is 3.26. The molecular weight excluding hydrogens is 242 g/mol. The number of aromatic nitrogens is 2. The Morgan fingerprint density at radius 2 is 2.32 bits per heavy atom. The van der Waals surface area contributed by atoms with Crippen molar-refractivity contribution in [2.75, 3.05) is 6.61 Å². The van der Waals surface area contributed by atoms with Crippen LogP contribution < -0.4 is 10.5 Å². The number of hydrogen-bond donors (Lipinski definition) is 1. The van der Waals surface area contributed by atoms with E-state index in [1.807, 2.05) is 31.2 Å². The molecular formula is C14H17N3O2. The zero-order chi connectivity index (χ0) is 13.2. The second-order valence-electron chi connectivity index (χ2n) is 4.78. The van der Waals surface area contributed by atoms with Crippen LogP contribution in [0.1, 0.15) is 31.7 Å². The van der Waals surface area contributed by atoms with E-state index >= 15 is 0 Å². The molecule has 3 rings (SSSR count). The third-order valence-electron chi connectivity index (χ3n) is 3.26. The van der Waals surface area contributed by atoms with Gasteiger partial charge < -0.3 is 15.0 Å². The number of rotatable bonds is 5. The fourth-order valence-electron chi connectivity index (χ4n) is 2.04. The van der Waals surface area contributed by atoms with Crippen molar-refractivity contribution in [3.05, 3.63) is 30.2 Å². The molecule has 0 bridgehead atoms. The molecule has 1 fully saturated rings. The van der Waals surface area contributed by atoms with E-state index in [1.54, 1.807) is 0 Å². The van der Waals surface area contributed by atoms with Crippen molar-refractivity contribution in [3.8, 4) is 17.1 Å². The van der Waals surface area contributed by atoms with Crippen LogP contribution in [0.5, 0.6) is 5.75 Å². The van der Waals surface area contributed by atoms with Gasteiger partial charge in [0.15, 0.2) is 0 Å². The predicted octanol–water partition coefficient (Wildman–Crippen LogP) is 2.55. The number of nitrogens with zero attached hydrogens (tertiary/aromatic N) is 2. The molecule has 1 heterocycles. The van der Waals surface area contributed by atoms with Crippen LogP contribution in [0, 0.1) is 5.92 Å². The average molecular weight is 259 g/mol. The first-order chi connectivity index (χ1) is 9.28. The Morgan fingerprint density at radius 3 is 3.05 bits per heavy atom. The first-order valence-corrected chi connectivity index (χ1v) is 6.60. The van der Waals surface area contributed by atoms with Gasteiger partial charge in [-0.1, -0.05) is 17.3 Å². The zero-order valence-electron chi connectivity index (χ0n) is 10.9. The van der Waals surface area contributed by atoms with Crippen molar-refractivity contribution >= 4 is 0 Å². The summed E-state index contributed by atoms with van der Waals surface area (Å²) in [6, 6.07) is 7.53. The van der Waals surface area contributed by atoms with Crippen LogP contribution >= 0.6 is 0 Å². The van der Waals surface area contributed by atoms with Crippen molar-refractivity contribution in [2.24, 2.45) is 11.7 Å². The van der Waals surface area contributed by atoms with Crippen LogP contribution in [-0.4, -0.2) is 16.7 Å². The lowest BCUT2D eigenvalue weighted by Crippen LogP contribution is -2.12. The Balaban J connectivity index is 1.83. The maximum atomic E-state index is 6.05. The molecule has 1 aliphatic carbocycles. The molecule has 2 aromatic rings. The summed E-state index contributed by atoms with van der Waals surface area (Å²) in [7, 11) is 0. The Bertz CT molecular complexity index is 563. The van der Waals surface area contributed by atoms with Gasteiger partial charge in [-0.3, -0.25) is 0 Å². The molecule has 5 heteroatoms. The Morgan fingerprint density at radius 1 is 1.47 bits per heavy atom. The molecule has 1 aromatic carbocycles. The summed E-state index contributed by atoms with van der Waals surface area (Å²) >= 11 is 0. The van der Waals surface area contributed by atoms with E-state index in [-0.39, 0.29) is 6.04 Å². The molecule has 100 valence electrons. The molecule has 19 heavy (non-hydrogen) atoms. The molecule has 1 aromatic heterocycles. The predicted molar refractivity (Wildman–Crippen MR) is 70.6 cm³/mol. The summed E-state index contributed by atoms with van der Waals surface area (Å²) in [6.45, 7) is 2.58. The van der Waals surface area contributed by atoms with Gasteiger partial charge in [-0.05, 0) is 37.8 Å². The summed E-state index contributed by atoms with van der Waals surface area (Å²) in [5.41, 5.74) is 6.93. The lowest BCUT2D eigenvalue weighted by molar-refractivity contribution is 0.340. The highest BCUT2D eigenvalue weighted by molar-refractivity contribution is 5.56. The van der Waals surface area contributed by atoms with E-state index in [2.05, 4.69) is 10.1 Å². The normalized spacial score (nSPS) is 16.3. The average Bonchev–Trinajstić information content (AvgIpc) is 3.16. The lowest BCUT2D eigenvalue weighted by Gasteiger charge is -2.03. The van der Waals surface area contributed by atoms with Crippen LogP contribution in [0.3, 0.4) is 0 Å². The van der Waals surface area contributed by atoms with Crippen LogP contribution in [0.25, 0.3) is 11.4 Å². The quantitative estimate of drug-likeness (QED) is 0.893. The first-order valence-electron chi connectivity index (χ1n) is 6.60. The fraction of sp³-hybridized carbons (Fsp3) is 0.429. The van der Waals surface area contributed by atoms with Gasteiger partial charge in [-0.15, -0.1) is 0 Å². The molecule has 0 saturated heterocycles. The zero-order valence-corrected chi connectivity index (χ0v) is 10.9. The van der Waals surface area contributed by atoms with Crippen molar-refractivity contribution in [3.63, 3.8) is 0 Å². The van der Waals surface area contributed by atoms with E-state index < -0.39 is 0 Å². The second-order valence-corrected chi connectivity index (χ2v) is 4.78. The number of ether oxygens (including phenoxy) is 1.